The van der Waals surface area contributed by atoms with E-state index in [0.29, 0.717) is 6.04 Å². The average molecular weight is 320 g/mol. The Morgan fingerprint density at radius 3 is 2.57 bits per heavy atom. The van der Waals surface area contributed by atoms with E-state index in [2.05, 4.69) is 17.6 Å². The average Bonchev–Trinajstić information content (AvgIpc) is 2.56. The van der Waals surface area contributed by atoms with Crippen LogP contribution in [-0.4, -0.2) is 38.8 Å². The normalized spacial score (nSPS) is 23.8. The molecule has 1 saturated heterocycles. The number of ether oxygens (including phenoxy) is 2. The van der Waals surface area contributed by atoms with E-state index < -0.39 is 0 Å². The molecule has 128 valence electrons. The minimum atomic E-state index is -0.177. The van der Waals surface area contributed by atoms with Crippen molar-refractivity contribution in [1.29, 1.82) is 0 Å². The van der Waals surface area contributed by atoms with Gasteiger partial charge in [0.2, 0.25) is 5.91 Å². The fourth-order valence-electron chi connectivity index (χ4n) is 3.21. The summed E-state index contributed by atoms with van der Waals surface area (Å²) in [6, 6.07) is 8.07. The molecule has 0 spiro atoms. The summed E-state index contributed by atoms with van der Waals surface area (Å²) in [6.07, 6.45) is 1.60. The molecule has 5 heteroatoms. The van der Waals surface area contributed by atoms with Gasteiger partial charge in [-0.25, -0.2) is 0 Å². The molecule has 0 aliphatic carbocycles. The van der Waals surface area contributed by atoms with Crippen LogP contribution in [0.2, 0.25) is 0 Å². The molecule has 1 fully saturated rings. The number of methoxy groups -OCH3 is 2. The van der Waals surface area contributed by atoms with E-state index in [-0.39, 0.29) is 24.0 Å². The van der Waals surface area contributed by atoms with Crippen molar-refractivity contribution in [2.45, 2.75) is 44.9 Å². The number of hydrogen-bond donors (Lipinski definition) is 2. The molecule has 1 heterocycles. The minimum Gasteiger partial charge on any atom is -0.497 e. The lowest BCUT2D eigenvalue weighted by Crippen LogP contribution is -2.46. The first-order valence-electron chi connectivity index (χ1n) is 8.25. The molecule has 1 aromatic carbocycles. The van der Waals surface area contributed by atoms with E-state index >= 15 is 0 Å². The number of hydrogen-bond acceptors (Lipinski definition) is 4. The number of amides is 1. The molecule has 4 atom stereocenters. The number of benzene rings is 1. The molecule has 5 nitrogen and oxygen atoms in total. The topological polar surface area (TPSA) is 59.6 Å². The molecular formula is C18H28N2O3. The van der Waals surface area contributed by atoms with Gasteiger partial charge in [-0.3, -0.25) is 4.79 Å². The lowest BCUT2D eigenvalue weighted by atomic mass is 9.92. The summed E-state index contributed by atoms with van der Waals surface area (Å²) in [5.41, 5.74) is 1.03. The van der Waals surface area contributed by atoms with Crippen LogP contribution in [0, 0.1) is 5.92 Å². The molecule has 1 aliphatic heterocycles. The van der Waals surface area contributed by atoms with Gasteiger partial charge >= 0.3 is 0 Å². The zero-order valence-electron chi connectivity index (χ0n) is 14.5. The largest absolute Gasteiger partial charge is 0.497 e. The lowest BCUT2D eigenvalue weighted by Gasteiger charge is -2.30. The second kappa shape index (κ2) is 8.31. The highest BCUT2D eigenvalue weighted by Gasteiger charge is 2.28. The van der Waals surface area contributed by atoms with Crippen LogP contribution in [0.5, 0.6) is 5.75 Å². The molecule has 0 saturated carbocycles. The SMILES string of the molecule is COc1ccc(C(OC)C(C)NC(=O)[C@H]2CCN[C@@H](C)C2)cc1. The Bertz CT molecular complexity index is 503. The van der Waals surface area contributed by atoms with Crippen LogP contribution in [0.25, 0.3) is 0 Å². The predicted molar refractivity (Wildman–Crippen MR) is 90.5 cm³/mol. The number of carbonyl (C=O) groups excluding carboxylic acids is 1. The van der Waals surface area contributed by atoms with Crippen molar-refractivity contribution in [1.82, 2.24) is 10.6 Å². The fraction of sp³-hybridized carbons (Fsp3) is 0.611. The van der Waals surface area contributed by atoms with Gasteiger partial charge in [0.05, 0.1) is 13.2 Å². The molecule has 0 radical (unpaired) electrons. The van der Waals surface area contributed by atoms with Gasteiger partial charge in [0.15, 0.2) is 0 Å². The van der Waals surface area contributed by atoms with Crippen molar-refractivity contribution in [3.05, 3.63) is 29.8 Å². The summed E-state index contributed by atoms with van der Waals surface area (Å²) in [5, 5.41) is 6.50. The first-order valence-corrected chi connectivity index (χ1v) is 8.25. The summed E-state index contributed by atoms with van der Waals surface area (Å²) in [7, 11) is 3.32. The number of rotatable bonds is 6. The number of nitrogens with one attached hydrogen (secondary N) is 2. The van der Waals surface area contributed by atoms with Crippen molar-refractivity contribution in [2.24, 2.45) is 5.92 Å². The Labute approximate surface area is 138 Å². The molecular weight excluding hydrogens is 292 g/mol. The zero-order chi connectivity index (χ0) is 16.8. The molecule has 0 aromatic heterocycles. The van der Waals surface area contributed by atoms with Crippen LogP contribution in [-0.2, 0) is 9.53 Å². The van der Waals surface area contributed by atoms with E-state index in [4.69, 9.17) is 9.47 Å². The van der Waals surface area contributed by atoms with Crippen molar-refractivity contribution >= 4 is 5.91 Å². The van der Waals surface area contributed by atoms with Gasteiger partial charge in [-0.05, 0) is 50.9 Å². The third-order valence-corrected chi connectivity index (χ3v) is 4.52. The summed E-state index contributed by atoms with van der Waals surface area (Å²) in [4.78, 5) is 12.5. The minimum absolute atomic E-state index is 0.0853. The molecule has 1 amide bonds. The van der Waals surface area contributed by atoms with E-state index in [0.717, 1.165) is 30.7 Å². The Morgan fingerprint density at radius 1 is 1.30 bits per heavy atom. The summed E-state index contributed by atoms with van der Waals surface area (Å²) < 4.78 is 10.8. The second-order valence-corrected chi connectivity index (χ2v) is 6.30. The Balaban J connectivity index is 1.98. The molecule has 1 aliphatic rings. The van der Waals surface area contributed by atoms with Crippen LogP contribution < -0.4 is 15.4 Å². The number of piperidine rings is 1. The molecule has 2 N–H and O–H groups in total. The summed E-state index contributed by atoms with van der Waals surface area (Å²) >= 11 is 0. The number of carbonyl (C=O) groups is 1. The van der Waals surface area contributed by atoms with Crippen LogP contribution >= 0.6 is 0 Å². The Kier molecular flexibility index (Phi) is 6.42. The van der Waals surface area contributed by atoms with Crippen molar-refractivity contribution in [3.63, 3.8) is 0 Å². The third kappa shape index (κ3) is 4.69. The van der Waals surface area contributed by atoms with Gasteiger partial charge in [0.1, 0.15) is 11.9 Å². The molecule has 1 aromatic rings. The van der Waals surface area contributed by atoms with Gasteiger partial charge < -0.3 is 20.1 Å². The fourth-order valence-corrected chi connectivity index (χ4v) is 3.21. The van der Waals surface area contributed by atoms with E-state index in [1.807, 2.05) is 31.2 Å². The van der Waals surface area contributed by atoms with Crippen molar-refractivity contribution in [2.75, 3.05) is 20.8 Å². The smallest absolute Gasteiger partial charge is 0.223 e. The highest BCUT2D eigenvalue weighted by atomic mass is 16.5. The molecule has 23 heavy (non-hydrogen) atoms. The lowest BCUT2D eigenvalue weighted by molar-refractivity contribution is -0.127. The maximum Gasteiger partial charge on any atom is 0.223 e. The van der Waals surface area contributed by atoms with Crippen LogP contribution in [0.4, 0.5) is 0 Å². The van der Waals surface area contributed by atoms with Crippen LogP contribution in [0.15, 0.2) is 24.3 Å². The molecule has 0 bridgehead atoms. The van der Waals surface area contributed by atoms with Crippen LogP contribution in [0.1, 0.15) is 38.4 Å². The van der Waals surface area contributed by atoms with Gasteiger partial charge in [-0.15, -0.1) is 0 Å². The van der Waals surface area contributed by atoms with Crippen molar-refractivity contribution < 1.29 is 14.3 Å². The van der Waals surface area contributed by atoms with Gasteiger partial charge in [0.25, 0.3) is 0 Å². The van der Waals surface area contributed by atoms with Gasteiger partial charge in [0, 0.05) is 19.1 Å². The molecule has 2 unspecified atom stereocenters. The van der Waals surface area contributed by atoms with Gasteiger partial charge in [-0.2, -0.15) is 0 Å². The first-order chi connectivity index (χ1) is 11.0. The highest BCUT2D eigenvalue weighted by molar-refractivity contribution is 5.79. The maximum absolute atomic E-state index is 12.5. The quantitative estimate of drug-likeness (QED) is 0.844. The standard InChI is InChI=1S/C18H28N2O3/c1-12-11-15(9-10-19-12)18(21)20-13(2)17(23-4)14-5-7-16(22-3)8-6-14/h5-8,12-13,15,17,19H,9-11H2,1-4H3,(H,20,21)/t12-,13?,15-,17?/m0/s1. The second-order valence-electron chi connectivity index (χ2n) is 6.30. The van der Waals surface area contributed by atoms with Crippen LogP contribution in [0.3, 0.4) is 0 Å². The van der Waals surface area contributed by atoms with E-state index in [9.17, 15) is 4.79 Å². The highest BCUT2D eigenvalue weighted by Crippen LogP contribution is 2.24. The first kappa shape index (κ1) is 17.8. The van der Waals surface area contributed by atoms with E-state index in [1.165, 1.54) is 0 Å². The predicted octanol–water partition coefficient (Wildman–Crippen LogP) is 2.28. The summed E-state index contributed by atoms with van der Waals surface area (Å²) in [6.45, 7) is 5.01. The zero-order valence-corrected chi connectivity index (χ0v) is 14.5. The molecule has 2 rings (SSSR count). The third-order valence-electron chi connectivity index (χ3n) is 4.52. The summed E-state index contributed by atoms with van der Waals surface area (Å²) in [5.74, 6) is 1.02. The monoisotopic (exact) mass is 320 g/mol. The Morgan fingerprint density at radius 2 is 2.00 bits per heavy atom. The maximum atomic E-state index is 12.5. The van der Waals surface area contributed by atoms with Gasteiger partial charge in [-0.1, -0.05) is 12.1 Å². The van der Waals surface area contributed by atoms with Crippen molar-refractivity contribution in [3.8, 4) is 5.75 Å². The Hall–Kier alpha value is -1.59. The van der Waals surface area contributed by atoms with E-state index in [1.54, 1.807) is 14.2 Å².